The van der Waals surface area contributed by atoms with E-state index >= 15 is 0 Å². The lowest BCUT2D eigenvalue weighted by molar-refractivity contribution is 0.0800. The predicted octanol–water partition coefficient (Wildman–Crippen LogP) is 0.704. The molecule has 1 aliphatic rings. The van der Waals surface area contributed by atoms with Crippen molar-refractivity contribution in [3.8, 4) is 0 Å². The molecule has 0 aromatic heterocycles. The average Bonchev–Trinajstić information content (AvgIpc) is 3.08. The lowest BCUT2D eigenvalue weighted by atomic mass is 9.92. The molecule has 4 heteroatoms. The SMILES string of the molecule is COCCN(C)CC(CO)(NC(C)C)C1CC1. The van der Waals surface area contributed by atoms with Crippen LogP contribution < -0.4 is 5.32 Å². The maximum atomic E-state index is 9.79. The number of aliphatic hydroxyl groups is 1. The number of nitrogens with zero attached hydrogens (tertiary/aromatic N) is 1. The van der Waals surface area contributed by atoms with Gasteiger partial charge in [0.2, 0.25) is 0 Å². The smallest absolute Gasteiger partial charge is 0.0628 e. The van der Waals surface area contributed by atoms with Gasteiger partial charge in [-0.05, 0) is 25.8 Å². The van der Waals surface area contributed by atoms with Crippen LogP contribution in [0.2, 0.25) is 0 Å². The summed E-state index contributed by atoms with van der Waals surface area (Å²) in [4.78, 5) is 2.24. The number of hydrogen-bond donors (Lipinski definition) is 2. The molecule has 2 N–H and O–H groups in total. The monoisotopic (exact) mass is 244 g/mol. The number of hydrogen-bond acceptors (Lipinski definition) is 4. The van der Waals surface area contributed by atoms with Crippen LogP contribution >= 0.6 is 0 Å². The standard InChI is InChI=1S/C13H28N2O2/c1-11(2)14-13(10-16,12-5-6-12)9-15(3)7-8-17-4/h11-12,14,16H,5-10H2,1-4H3. The molecule has 102 valence electrons. The third-order valence-electron chi connectivity index (χ3n) is 3.45. The van der Waals surface area contributed by atoms with Gasteiger partial charge < -0.3 is 20.1 Å². The number of aliphatic hydroxyl groups excluding tert-OH is 1. The minimum Gasteiger partial charge on any atom is -0.394 e. The topological polar surface area (TPSA) is 44.7 Å². The zero-order valence-corrected chi connectivity index (χ0v) is 11.7. The molecule has 0 heterocycles. The quantitative estimate of drug-likeness (QED) is 0.627. The molecule has 0 spiro atoms. The summed E-state index contributed by atoms with van der Waals surface area (Å²) in [7, 11) is 3.81. The Bertz CT molecular complexity index is 219. The Morgan fingerprint density at radius 1 is 1.47 bits per heavy atom. The minimum absolute atomic E-state index is 0.128. The Kier molecular flexibility index (Phi) is 5.86. The Hall–Kier alpha value is -0.160. The molecule has 1 atom stereocenters. The number of methoxy groups -OCH3 is 1. The molecule has 0 aliphatic heterocycles. The zero-order chi connectivity index (χ0) is 12.9. The van der Waals surface area contributed by atoms with Crippen molar-refractivity contribution in [2.45, 2.75) is 38.3 Å². The van der Waals surface area contributed by atoms with Gasteiger partial charge in [-0.25, -0.2) is 0 Å². The molecular weight excluding hydrogens is 216 g/mol. The predicted molar refractivity (Wildman–Crippen MR) is 70.2 cm³/mol. The highest BCUT2D eigenvalue weighted by molar-refractivity contribution is 5.03. The summed E-state index contributed by atoms with van der Waals surface area (Å²) < 4.78 is 5.09. The number of ether oxygens (including phenoxy) is 1. The molecule has 0 aromatic carbocycles. The summed E-state index contributed by atoms with van der Waals surface area (Å²) in [5.41, 5.74) is -0.128. The van der Waals surface area contributed by atoms with Crippen molar-refractivity contribution < 1.29 is 9.84 Å². The van der Waals surface area contributed by atoms with Gasteiger partial charge in [0, 0.05) is 26.2 Å². The second-order valence-electron chi connectivity index (χ2n) is 5.62. The Morgan fingerprint density at radius 3 is 2.53 bits per heavy atom. The van der Waals surface area contributed by atoms with Crippen LogP contribution in [0.5, 0.6) is 0 Å². The van der Waals surface area contributed by atoms with E-state index in [1.54, 1.807) is 7.11 Å². The summed E-state index contributed by atoms with van der Waals surface area (Å²) in [6, 6.07) is 0.401. The van der Waals surface area contributed by atoms with Gasteiger partial charge in [-0.1, -0.05) is 13.8 Å². The molecule has 0 radical (unpaired) electrons. The number of likely N-dealkylation sites (N-methyl/N-ethyl adjacent to an activating group) is 1. The van der Waals surface area contributed by atoms with E-state index in [9.17, 15) is 5.11 Å². The van der Waals surface area contributed by atoms with Crippen LogP contribution in [0.4, 0.5) is 0 Å². The van der Waals surface area contributed by atoms with E-state index in [2.05, 4.69) is 31.1 Å². The van der Waals surface area contributed by atoms with Crippen LogP contribution in [-0.4, -0.2) is 62.0 Å². The first kappa shape index (κ1) is 14.9. The molecule has 1 rings (SSSR count). The van der Waals surface area contributed by atoms with Crippen LogP contribution in [0.25, 0.3) is 0 Å². The van der Waals surface area contributed by atoms with E-state index in [0.29, 0.717) is 12.0 Å². The van der Waals surface area contributed by atoms with Crippen molar-refractivity contribution >= 4 is 0 Å². The van der Waals surface area contributed by atoms with Gasteiger partial charge in [0.15, 0.2) is 0 Å². The first-order chi connectivity index (χ1) is 8.04. The fourth-order valence-corrected chi connectivity index (χ4v) is 2.54. The van der Waals surface area contributed by atoms with Gasteiger partial charge in [-0.15, -0.1) is 0 Å². The van der Waals surface area contributed by atoms with E-state index in [0.717, 1.165) is 19.7 Å². The van der Waals surface area contributed by atoms with E-state index < -0.39 is 0 Å². The molecule has 1 aliphatic carbocycles. The van der Waals surface area contributed by atoms with Crippen molar-refractivity contribution in [1.29, 1.82) is 0 Å². The van der Waals surface area contributed by atoms with Crippen LogP contribution in [0, 0.1) is 5.92 Å². The minimum atomic E-state index is -0.128. The molecule has 1 unspecified atom stereocenters. The molecule has 0 bridgehead atoms. The third-order valence-corrected chi connectivity index (χ3v) is 3.45. The van der Waals surface area contributed by atoms with E-state index in [1.165, 1.54) is 12.8 Å². The fourth-order valence-electron chi connectivity index (χ4n) is 2.54. The summed E-state index contributed by atoms with van der Waals surface area (Å²) in [5.74, 6) is 0.625. The van der Waals surface area contributed by atoms with Gasteiger partial charge in [0.05, 0.1) is 18.8 Å². The van der Waals surface area contributed by atoms with Gasteiger partial charge >= 0.3 is 0 Å². The summed E-state index contributed by atoms with van der Waals surface area (Å²) in [6.45, 7) is 7.03. The molecule has 17 heavy (non-hydrogen) atoms. The number of nitrogens with one attached hydrogen (secondary N) is 1. The summed E-state index contributed by atoms with van der Waals surface area (Å²) in [6.07, 6.45) is 2.47. The first-order valence-electron chi connectivity index (χ1n) is 6.60. The highest BCUT2D eigenvalue weighted by Gasteiger charge is 2.45. The van der Waals surface area contributed by atoms with E-state index in [1.807, 2.05) is 0 Å². The van der Waals surface area contributed by atoms with Crippen molar-refractivity contribution in [2.24, 2.45) is 5.92 Å². The van der Waals surface area contributed by atoms with Crippen LogP contribution in [0.1, 0.15) is 26.7 Å². The van der Waals surface area contributed by atoms with Crippen LogP contribution in [-0.2, 0) is 4.74 Å². The molecule has 0 amide bonds. The fraction of sp³-hybridized carbons (Fsp3) is 1.00. The second-order valence-corrected chi connectivity index (χ2v) is 5.62. The lowest BCUT2D eigenvalue weighted by Gasteiger charge is -2.38. The zero-order valence-electron chi connectivity index (χ0n) is 11.7. The van der Waals surface area contributed by atoms with Crippen molar-refractivity contribution in [2.75, 3.05) is 40.5 Å². The second kappa shape index (κ2) is 6.69. The largest absolute Gasteiger partial charge is 0.394 e. The summed E-state index contributed by atoms with van der Waals surface area (Å²) >= 11 is 0. The molecule has 0 saturated heterocycles. The summed E-state index contributed by atoms with van der Waals surface area (Å²) in [5, 5.41) is 13.4. The van der Waals surface area contributed by atoms with Crippen molar-refractivity contribution in [1.82, 2.24) is 10.2 Å². The van der Waals surface area contributed by atoms with Crippen molar-refractivity contribution in [3.63, 3.8) is 0 Å². The molecule has 1 fully saturated rings. The Morgan fingerprint density at radius 2 is 2.12 bits per heavy atom. The van der Waals surface area contributed by atoms with Gasteiger partial charge in [0.1, 0.15) is 0 Å². The lowest BCUT2D eigenvalue weighted by Crippen LogP contribution is -2.59. The first-order valence-corrected chi connectivity index (χ1v) is 6.60. The van der Waals surface area contributed by atoms with Gasteiger partial charge in [-0.2, -0.15) is 0 Å². The van der Waals surface area contributed by atoms with Crippen LogP contribution in [0.3, 0.4) is 0 Å². The number of rotatable bonds is 9. The van der Waals surface area contributed by atoms with Crippen molar-refractivity contribution in [3.05, 3.63) is 0 Å². The van der Waals surface area contributed by atoms with Crippen LogP contribution in [0.15, 0.2) is 0 Å². The maximum Gasteiger partial charge on any atom is 0.0628 e. The normalized spacial score (nSPS) is 19.9. The highest BCUT2D eigenvalue weighted by atomic mass is 16.5. The third kappa shape index (κ3) is 4.54. The molecule has 0 aromatic rings. The molecule has 1 saturated carbocycles. The van der Waals surface area contributed by atoms with Gasteiger partial charge in [-0.3, -0.25) is 0 Å². The Labute approximate surface area is 105 Å². The highest BCUT2D eigenvalue weighted by Crippen LogP contribution is 2.40. The molecular formula is C13H28N2O2. The van der Waals surface area contributed by atoms with E-state index in [4.69, 9.17) is 4.74 Å². The van der Waals surface area contributed by atoms with Gasteiger partial charge in [0.25, 0.3) is 0 Å². The average molecular weight is 244 g/mol. The van der Waals surface area contributed by atoms with E-state index in [-0.39, 0.29) is 12.1 Å². The maximum absolute atomic E-state index is 9.79. The molecule has 4 nitrogen and oxygen atoms in total. The Balaban J connectivity index is 2.55.